The monoisotopic (exact) mass is 445 g/mol. The number of aliphatic carboxylic acids is 1. The Bertz CT molecular complexity index is 1060. The van der Waals surface area contributed by atoms with Crippen molar-refractivity contribution in [2.45, 2.75) is 12.5 Å². The van der Waals surface area contributed by atoms with Crippen molar-refractivity contribution in [2.75, 3.05) is 32.8 Å². The normalized spacial score (nSPS) is 16.3. The number of carbonyl (C=O) groups is 2. The zero-order valence-electron chi connectivity index (χ0n) is 18.4. The number of Topliss-reactive ketones (excluding diaryl/α,β-unsaturated/α-hetero) is 1. The Balaban J connectivity index is 1.29. The van der Waals surface area contributed by atoms with Gasteiger partial charge in [0.2, 0.25) is 0 Å². The molecule has 3 aromatic carbocycles. The lowest BCUT2D eigenvalue weighted by atomic mass is 10.0. The molecule has 0 aromatic heterocycles. The predicted molar refractivity (Wildman–Crippen MR) is 126 cm³/mol. The lowest BCUT2D eigenvalue weighted by Gasteiger charge is -2.32. The highest BCUT2D eigenvalue weighted by molar-refractivity contribution is 5.97. The van der Waals surface area contributed by atoms with Crippen LogP contribution in [0, 0.1) is 0 Å². The third-order valence-electron chi connectivity index (χ3n) is 5.73. The molecule has 3 aromatic rings. The standard InChI is InChI=1S/C27H27NO5/c29-25(22-8-6-21(7-9-22)20-4-2-1-3-5-20)19-33-24-12-10-23(11-13-24)26-18-28(16-17-32-26)15-14-27(30)31/h1-13,26H,14-19H2,(H,30,31). The summed E-state index contributed by atoms with van der Waals surface area (Å²) < 4.78 is 11.6. The van der Waals surface area contributed by atoms with Crippen LogP contribution in [0.3, 0.4) is 0 Å². The lowest BCUT2D eigenvalue weighted by molar-refractivity contribution is -0.137. The van der Waals surface area contributed by atoms with Crippen molar-refractivity contribution in [3.05, 3.63) is 90.0 Å². The van der Waals surface area contributed by atoms with E-state index < -0.39 is 5.97 Å². The summed E-state index contributed by atoms with van der Waals surface area (Å²) in [6.07, 6.45) is 0.0223. The van der Waals surface area contributed by atoms with Gasteiger partial charge in [-0.1, -0.05) is 66.7 Å². The topological polar surface area (TPSA) is 76.1 Å². The summed E-state index contributed by atoms with van der Waals surface area (Å²) in [6.45, 7) is 2.45. The first-order valence-corrected chi connectivity index (χ1v) is 11.1. The van der Waals surface area contributed by atoms with Gasteiger partial charge in [0, 0.05) is 25.2 Å². The molecule has 1 unspecified atom stereocenters. The quantitative estimate of drug-likeness (QED) is 0.490. The van der Waals surface area contributed by atoms with Gasteiger partial charge in [-0.3, -0.25) is 14.5 Å². The number of benzene rings is 3. The van der Waals surface area contributed by atoms with Gasteiger partial charge >= 0.3 is 5.97 Å². The summed E-state index contributed by atoms with van der Waals surface area (Å²) in [6, 6.07) is 25.1. The van der Waals surface area contributed by atoms with Crippen LogP contribution in [0.2, 0.25) is 0 Å². The van der Waals surface area contributed by atoms with Gasteiger partial charge in [-0.15, -0.1) is 0 Å². The number of carboxylic acids is 1. The first-order valence-electron chi connectivity index (χ1n) is 11.1. The molecule has 33 heavy (non-hydrogen) atoms. The molecule has 0 amide bonds. The van der Waals surface area contributed by atoms with Crippen LogP contribution in [0.4, 0.5) is 0 Å². The molecule has 0 spiro atoms. The summed E-state index contributed by atoms with van der Waals surface area (Å²) >= 11 is 0. The van der Waals surface area contributed by atoms with E-state index in [1.54, 1.807) is 0 Å². The van der Waals surface area contributed by atoms with Gasteiger partial charge in [0.1, 0.15) is 5.75 Å². The van der Waals surface area contributed by atoms with E-state index in [-0.39, 0.29) is 24.9 Å². The summed E-state index contributed by atoms with van der Waals surface area (Å²) in [5, 5.41) is 8.88. The molecule has 0 aliphatic carbocycles. The highest BCUT2D eigenvalue weighted by Crippen LogP contribution is 2.25. The van der Waals surface area contributed by atoms with Crippen molar-refractivity contribution < 1.29 is 24.2 Å². The number of nitrogens with zero attached hydrogens (tertiary/aromatic N) is 1. The molecular weight excluding hydrogens is 418 g/mol. The maximum atomic E-state index is 12.5. The van der Waals surface area contributed by atoms with Crippen molar-refractivity contribution in [3.63, 3.8) is 0 Å². The average Bonchev–Trinajstić information content (AvgIpc) is 2.87. The Kier molecular flexibility index (Phi) is 7.50. The van der Waals surface area contributed by atoms with Gasteiger partial charge in [0.25, 0.3) is 0 Å². The summed E-state index contributed by atoms with van der Waals surface area (Å²) in [5.74, 6) is -0.254. The fraction of sp³-hybridized carbons (Fsp3) is 0.259. The van der Waals surface area contributed by atoms with E-state index in [0.717, 1.165) is 23.2 Å². The van der Waals surface area contributed by atoms with Crippen LogP contribution >= 0.6 is 0 Å². The number of carbonyl (C=O) groups excluding carboxylic acids is 1. The number of ether oxygens (including phenoxy) is 2. The van der Waals surface area contributed by atoms with Gasteiger partial charge in [-0.05, 0) is 28.8 Å². The van der Waals surface area contributed by atoms with Crippen LogP contribution in [0.5, 0.6) is 5.75 Å². The third kappa shape index (κ3) is 6.28. The number of carboxylic acid groups (broad SMARTS) is 1. The van der Waals surface area contributed by atoms with Crippen LogP contribution in [0.15, 0.2) is 78.9 Å². The third-order valence-corrected chi connectivity index (χ3v) is 5.73. The van der Waals surface area contributed by atoms with Crippen LogP contribution < -0.4 is 4.74 Å². The molecule has 0 radical (unpaired) electrons. The van der Waals surface area contributed by atoms with Crippen LogP contribution in [0.1, 0.15) is 28.4 Å². The van der Waals surface area contributed by atoms with Crippen molar-refractivity contribution in [3.8, 4) is 16.9 Å². The smallest absolute Gasteiger partial charge is 0.304 e. The predicted octanol–water partition coefficient (Wildman–Crippen LogP) is 4.46. The van der Waals surface area contributed by atoms with E-state index in [4.69, 9.17) is 14.6 Å². The number of rotatable bonds is 9. The Morgan fingerprint density at radius 3 is 2.33 bits per heavy atom. The zero-order chi connectivity index (χ0) is 23.0. The molecule has 1 fully saturated rings. The molecule has 6 heteroatoms. The molecule has 1 saturated heterocycles. The second-order valence-corrected chi connectivity index (χ2v) is 8.03. The second kappa shape index (κ2) is 10.9. The minimum Gasteiger partial charge on any atom is -0.485 e. The molecule has 1 aliphatic heterocycles. The van der Waals surface area contributed by atoms with E-state index in [1.807, 2.05) is 78.9 Å². The maximum Gasteiger partial charge on any atom is 0.304 e. The molecule has 0 saturated carbocycles. The Hall–Kier alpha value is -3.48. The van der Waals surface area contributed by atoms with Gasteiger partial charge in [0.05, 0.1) is 19.1 Å². The van der Waals surface area contributed by atoms with Crippen molar-refractivity contribution in [2.24, 2.45) is 0 Å². The van der Waals surface area contributed by atoms with Gasteiger partial charge in [0.15, 0.2) is 12.4 Å². The molecule has 1 N–H and O–H groups in total. The highest BCUT2D eigenvalue weighted by Gasteiger charge is 2.22. The summed E-state index contributed by atoms with van der Waals surface area (Å²) in [5.41, 5.74) is 3.79. The van der Waals surface area contributed by atoms with Crippen molar-refractivity contribution in [1.29, 1.82) is 0 Å². The number of hydrogen-bond acceptors (Lipinski definition) is 5. The molecule has 170 valence electrons. The first kappa shape index (κ1) is 22.7. The van der Waals surface area contributed by atoms with E-state index in [9.17, 15) is 9.59 Å². The molecule has 1 aliphatic rings. The Labute approximate surface area is 193 Å². The molecule has 4 rings (SSSR count). The minimum absolute atomic E-state index is 0.0348. The average molecular weight is 446 g/mol. The minimum atomic E-state index is -0.791. The summed E-state index contributed by atoms with van der Waals surface area (Å²) in [4.78, 5) is 25.4. The van der Waals surface area contributed by atoms with Crippen LogP contribution in [-0.2, 0) is 9.53 Å². The lowest BCUT2D eigenvalue weighted by Crippen LogP contribution is -2.39. The Morgan fingerprint density at radius 1 is 0.939 bits per heavy atom. The van der Waals surface area contributed by atoms with E-state index in [0.29, 0.717) is 31.0 Å². The molecule has 1 atom stereocenters. The van der Waals surface area contributed by atoms with Crippen LogP contribution in [-0.4, -0.2) is 54.6 Å². The SMILES string of the molecule is O=C(O)CCN1CCOC(c2ccc(OCC(=O)c3ccc(-c4ccccc4)cc3)cc2)C1. The number of hydrogen-bond donors (Lipinski definition) is 1. The molecule has 6 nitrogen and oxygen atoms in total. The second-order valence-electron chi connectivity index (χ2n) is 8.03. The maximum absolute atomic E-state index is 12.5. The van der Waals surface area contributed by atoms with Crippen LogP contribution in [0.25, 0.3) is 11.1 Å². The molecule has 0 bridgehead atoms. The Morgan fingerprint density at radius 2 is 1.64 bits per heavy atom. The zero-order valence-corrected chi connectivity index (χ0v) is 18.4. The van der Waals surface area contributed by atoms with Crippen molar-refractivity contribution >= 4 is 11.8 Å². The van der Waals surface area contributed by atoms with E-state index in [2.05, 4.69) is 4.90 Å². The highest BCUT2D eigenvalue weighted by atomic mass is 16.5. The molecular formula is C27H27NO5. The van der Waals surface area contributed by atoms with E-state index in [1.165, 1.54) is 0 Å². The largest absolute Gasteiger partial charge is 0.485 e. The van der Waals surface area contributed by atoms with Gasteiger partial charge in [-0.2, -0.15) is 0 Å². The van der Waals surface area contributed by atoms with Gasteiger partial charge in [-0.25, -0.2) is 0 Å². The van der Waals surface area contributed by atoms with Gasteiger partial charge < -0.3 is 14.6 Å². The van der Waals surface area contributed by atoms with E-state index >= 15 is 0 Å². The fourth-order valence-corrected chi connectivity index (χ4v) is 3.85. The molecule has 1 heterocycles. The number of ketones is 1. The summed E-state index contributed by atoms with van der Waals surface area (Å²) in [7, 11) is 0. The number of morpholine rings is 1. The van der Waals surface area contributed by atoms with Crippen molar-refractivity contribution in [1.82, 2.24) is 4.90 Å². The fourth-order valence-electron chi connectivity index (χ4n) is 3.85. The first-order chi connectivity index (χ1) is 16.1.